The molecule has 0 aliphatic carbocycles. The Morgan fingerprint density at radius 1 is 0.824 bits per heavy atom. The van der Waals surface area contributed by atoms with Crippen LogP contribution in [0.3, 0.4) is 0 Å². The van der Waals surface area contributed by atoms with Gasteiger partial charge >= 0.3 is 5.97 Å². The van der Waals surface area contributed by atoms with Crippen LogP contribution in [-0.2, 0) is 19.2 Å². The highest BCUT2D eigenvalue weighted by atomic mass is 16.4. The van der Waals surface area contributed by atoms with Gasteiger partial charge in [-0.05, 0) is 37.5 Å². The molecule has 0 radical (unpaired) electrons. The van der Waals surface area contributed by atoms with E-state index >= 15 is 0 Å². The lowest BCUT2D eigenvalue weighted by Crippen LogP contribution is -2.57. The molecule has 4 atom stereocenters. The number of carbonyl (C=O) groups excluding carboxylic acids is 3. The maximum atomic E-state index is 13.0. The van der Waals surface area contributed by atoms with Crippen molar-refractivity contribution in [1.82, 2.24) is 16.0 Å². The summed E-state index contributed by atoms with van der Waals surface area (Å²) in [6, 6.07) is -4.39. The number of amides is 3. The Bertz CT molecular complexity index is 710. The Labute approximate surface area is 200 Å². The molecule has 0 aromatic carbocycles. The molecular weight excluding hydrogens is 446 g/mol. The number of rotatable bonds is 16. The van der Waals surface area contributed by atoms with Crippen LogP contribution in [0, 0.1) is 11.8 Å². The van der Waals surface area contributed by atoms with E-state index in [4.69, 9.17) is 22.3 Å². The normalized spacial score (nSPS) is 14.6. The maximum Gasteiger partial charge on any atom is 0.326 e. The van der Waals surface area contributed by atoms with E-state index in [9.17, 15) is 24.3 Å². The fourth-order valence-electron chi connectivity index (χ4n) is 3.07. The van der Waals surface area contributed by atoms with Gasteiger partial charge in [0.15, 0.2) is 5.96 Å². The molecule has 0 saturated carbocycles. The van der Waals surface area contributed by atoms with Crippen molar-refractivity contribution < 1.29 is 29.4 Å². The quantitative estimate of drug-likeness (QED) is 0.0681. The van der Waals surface area contributed by atoms with E-state index in [-0.39, 0.29) is 43.6 Å². The lowest BCUT2D eigenvalue weighted by molar-refractivity contribution is -0.142. The first-order chi connectivity index (χ1) is 15.8. The number of carboxylic acids is 1. The highest BCUT2D eigenvalue weighted by Crippen LogP contribution is 2.10. The lowest BCUT2D eigenvalue weighted by Gasteiger charge is -2.26. The first-order valence-corrected chi connectivity index (χ1v) is 11.3. The number of aliphatic imine (C=N–C) groups is 1. The molecule has 0 bridgehead atoms. The zero-order chi connectivity index (χ0) is 26.4. The predicted octanol–water partition coefficient (Wildman–Crippen LogP) is -2.01. The number of aliphatic hydroxyl groups excluding tert-OH is 1. The van der Waals surface area contributed by atoms with Crippen LogP contribution in [0.1, 0.15) is 53.4 Å². The Kier molecular flexibility index (Phi) is 14.5. The van der Waals surface area contributed by atoms with E-state index in [1.165, 1.54) is 0 Å². The van der Waals surface area contributed by atoms with Crippen LogP contribution in [0.25, 0.3) is 0 Å². The summed E-state index contributed by atoms with van der Waals surface area (Å²) in [5.41, 5.74) is 16.0. The third kappa shape index (κ3) is 12.9. The van der Waals surface area contributed by atoms with Crippen LogP contribution in [0.2, 0.25) is 0 Å². The second-order valence-electron chi connectivity index (χ2n) is 9.02. The Morgan fingerprint density at radius 2 is 1.26 bits per heavy atom. The molecule has 0 rings (SSSR count). The van der Waals surface area contributed by atoms with Gasteiger partial charge in [-0.3, -0.25) is 19.4 Å². The fraction of sp³-hybridized carbons (Fsp3) is 0.762. The number of nitrogens with one attached hydrogen (secondary N) is 3. The van der Waals surface area contributed by atoms with Crippen molar-refractivity contribution in [3.8, 4) is 0 Å². The number of aliphatic hydroxyl groups is 1. The van der Waals surface area contributed by atoms with Gasteiger partial charge in [0.25, 0.3) is 0 Å². The number of nitrogens with zero attached hydrogens (tertiary/aromatic N) is 1. The topological polar surface area (TPSA) is 235 Å². The number of hydrogen-bond acceptors (Lipinski definition) is 7. The van der Waals surface area contributed by atoms with Crippen molar-refractivity contribution in [2.24, 2.45) is 34.0 Å². The van der Waals surface area contributed by atoms with Crippen molar-refractivity contribution in [3.63, 3.8) is 0 Å². The van der Waals surface area contributed by atoms with E-state index in [1.807, 2.05) is 27.7 Å². The van der Waals surface area contributed by atoms with Gasteiger partial charge in [0.1, 0.15) is 24.2 Å². The largest absolute Gasteiger partial charge is 0.480 e. The zero-order valence-electron chi connectivity index (χ0n) is 20.4. The monoisotopic (exact) mass is 487 g/mol. The first kappa shape index (κ1) is 31.1. The van der Waals surface area contributed by atoms with E-state index in [1.54, 1.807) is 0 Å². The van der Waals surface area contributed by atoms with E-state index in [0.29, 0.717) is 6.42 Å². The summed E-state index contributed by atoms with van der Waals surface area (Å²) < 4.78 is 0. The minimum absolute atomic E-state index is 0.00199. The van der Waals surface area contributed by atoms with Crippen LogP contribution >= 0.6 is 0 Å². The fourth-order valence-corrected chi connectivity index (χ4v) is 3.07. The van der Waals surface area contributed by atoms with Crippen molar-refractivity contribution in [1.29, 1.82) is 0 Å². The van der Waals surface area contributed by atoms with Gasteiger partial charge in [-0.25, -0.2) is 4.79 Å². The van der Waals surface area contributed by atoms with Gasteiger partial charge < -0.3 is 43.4 Å². The molecule has 0 heterocycles. The molecule has 0 aliphatic rings. The molecule has 4 unspecified atom stereocenters. The van der Waals surface area contributed by atoms with Crippen LogP contribution < -0.4 is 33.2 Å². The summed E-state index contributed by atoms with van der Waals surface area (Å²) in [6.07, 6.45) is 0.930. The van der Waals surface area contributed by atoms with Crippen LogP contribution in [0.4, 0.5) is 0 Å². The summed E-state index contributed by atoms with van der Waals surface area (Å²) >= 11 is 0. The lowest BCUT2D eigenvalue weighted by atomic mass is 9.99. The molecular formula is C21H41N7O6. The molecule has 13 nitrogen and oxygen atoms in total. The average molecular weight is 488 g/mol. The SMILES string of the molecule is CC(C)CC(NC(=O)C(N)CO)C(=O)NC(CC(C)C)C(=O)NC(CCCN=C(N)N)C(=O)O. The van der Waals surface area contributed by atoms with Gasteiger partial charge in [-0.2, -0.15) is 0 Å². The highest BCUT2D eigenvalue weighted by molar-refractivity contribution is 5.94. The summed E-state index contributed by atoms with van der Waals surface area (Å²) in [6.45, 7) is 7.04. The van der Waals surface area contributed by atoms with Crippen LogP contribution in [0.15, 0.2) is 4.99 Å². The van der Waals surface area contributed by atoms with Gasteiger partial charge in [0.05, 0.1) is 6.61 Å². The van der Waals surface area contributed by atoms with Crippen molar-refractivity contribution in [2.75, 3.05) is 13.2 Å². The van der Waals surface area contributed by atoms with Crippen molar-refractivity contribution in [2.45, 2.75) is 77.5 Å². The molecule has 34 heavy (non-hydrogen) atoms. The van der Waals surface area contributed by atoms with Gasteiger partial charge in [-0.15, -0.1) is 0 Å². The third-order valence-corrected chi connectivity index (χ3v) is 4.77. The summed E-state index contributed by atoms with van der Waals surface area (Å²) in [7, 11) is 0. The highest BCUT2D eigenvalue weighted by Gasteiger charge is 2.30. The minimum atomic E-state index is -1.23. The Balaban J connectivity index is 5.41. The molecule has 0 aromatic rings. The van der Waals surface area contributed by atoms with E-state index in [0.717, 1.165) is 0 Å². The number of aliphatic carboxylic acids is 1. The molecule has 0 aromatic heterocycles. The average Bonchev–Trinajstić information content (AvgIpc) is 2.72. The van der Waals surface area contributed by atoms with E-state index in [2.05, 4.69) is 20.9 Å². The first-order valence-electron chi connectivity index (χ1n) is 11.3. The van der Waals surface area contributed by atoms with Gasteiger partial charge in [0, 0.05) is 6.54 Å². The molecule has 13 heteroatoms. The molecule has 0 saturated heterocycles. The number of carbonyl (C=O) groups is 4. The Morgan fingerprint density at radius 3 is 1.65 bits per heavy atom. The molecule has 0 spiro atoms. The van der Waals surface area contributed by atoms with Crippen LogP contribution in [-0.4, -0.2) is 77.2 Å². The molecule has 0 fully saturated rings. The second-order valence-corrected chi connectivity index (χ2v) is 9.02. The molecule has 3 amide bonds. The number of nitrogens with two attached hydrogens (primary N) is 3. The van der Waals surface area contributed by atoms with Crippen molar-refractivity contribution >= 4 is 29.7 Å². The second kappa shape index (κ2) is 15.8. The van der Waals surface area contributed by atoms with Gasteiger partial charge in [0.2, 0.25) is 17.7 Å². The summed E-state index contributed by atoms with van der Waals surface area (Å²) in [5.74, 6) is -3.26. The molecule has 0 aliphatic heterocycles. The van der Waals surface area contributed by atoms with Crippen LogP contribution in [0.5, 0.6) is 0 Å². The van der Waals surface area contributed by atoms with Gasteiger partial charge in [-0.1, -0.05) is 27.7 Å². The summed E-state index contributed by atoms with van der Waals surface area (Å²) in [5, 5.41) is 26.1. The Hall–Kier alpha value is -2.93. The number of hydrogen-bond donors (Lipinski definition) is 8. The maximum absolute atomic E-state index is 13.0. The zero-order valence-corrected chi connectivity index (χ0v) is 20.4. The number of guanidine groups is 1. The number of carboxylic acid groups (broad SMARTS) is 1. The molecule has 196 valence electrons. The minimum Gasteiger partial charge on any atom is -0.480 e. The third-order valence-electron chi connectivity index (χ3n) is 4.77. The predicted molar refractivity (Wildman–Crippen MR) is 127 cm³/mol. The smallest absolute Gasteiger partial charge is 0.326 e. The summed E-state index contributed by atoms with van der Waals surface area (Å²) in [4.78, 5) is 53.3. The standard InChI is InChI=1S/C21H41N7O6/c1-11(2)8-15(27-17(30)13(22)10-29)19(32)28-16(9-12(3)4)18(31)26-14(20(33)34)6-5-7-25-21(23)24/h11-16,29H,5-10,22H2,1-4H3,(H,26,31)(H,27,30)(H,28,32)(H,33,34)(H4,23,24,25). The van der Waals surface area contributed by atoms with E-state index < -0.39 is 54.5 Å². The molecule has 11 N–H and O–H groups in total. The van der Waals surface area contributed by atoms with Crippen molar-refractivity contribution in [3.05, 3.63) is 0 Å².